The molecule has 146 valence electrons. The molecule has 1 N–H and O–H groups in total. The third kappa shape index (κ3) is 3.81. The highest BCUT2D eigenvalue weighted by Gasteiger charge is 2.51. The van der Waals surface area contributed by atoms with Gasteiger partial charge in [-0.25, -0.2) is 0 Å². The van der Waals surface area contributed by atoms with Gasteiger partial charge in [0.15, 0.2) is 0 Å². The van der Waals surface area contributed by atoms with Gasteiger partial charge in [0.1, 0.15) is 6.54 Å². The number of carbonyl (C=O) groups is 3. The Balaban J connectivity index is 1.76. The first-order valence-electron chi connectivity index (χ1n) is 8.64. The van der Waals surface area contributed by atoms with E-state index in [1.165, 1.54) is 6.07 Å². The molecule has 2 aliphatic rings. The predicted molar refractivity (Wildman–Crippen MR) is 91.9 cm³/mol. The fraction of sp³-hybridized carbons (Fsp3) is 0.500. The van der Waals surface area contributed by atoms with Crippen LogP contribution < -0.4 is 5.32 Å². The summed E-state index contributed by atoms with van der Waals surface area (Å²) in [6.45, 7) is -0.623. The lowest BCUT2D eigenvalue weighted by atomic mass is 9.73. The Morgan fingerprint density at radius 3 is 2.48 bits per heavy atom. The quantitative estimate of drug-likeness (QED) is 0.777. The van der Waals surface area contributed by atoms with E-state index in [4.69, 9.17) is 11.6 Å². The maximum Gasteiger partial charge on any atom is 0.418 e. The van der Waals surface area contributed by atoms with Crippen LogP contribution in [0, 0.1) is 5.41 Å². The number of hydrogen-bond acceptors (Lipinski definition) is 3. The van der Waals surface area contributed by atoms with Crippen LogP contribution in [0.25, 0.3) is 0 Å². The zero-order valence-electron chi connectivity index (χ0n) is 14.4. The number of halogens is 4. The molecule has 1 aromatic rings. The van der Waals surface area contributed by atoms with Crippen molar-refractivity contribution < 1.29 is 27.6 Å². The van der Waals surface area contributed by atoms with E-state index in [-0.39, 0.29) is 11.4 Å². The summed E-state index contributed by atoms with van der Waals surface area (Å²) in [6.07, 6.45) is -0.785. The number of amides is 3. The third-order valence-corrected chi connectivity index (χ3v) is 5.50. The van der Waals surface area contributed by atoms with Gasteiger partial charge in [-0.15, -0.1) is 0 Å². The van der Waals surface area contributed by atoms with Crippen LogP contribution in [0.1, 0.15) is 44.1 Å². The van der Waals surface area contributed by atoms with E-state index in [1.807, 2.05) is 0 Å². The Morgan fingerprint density at radius 2 is 1.85 bits per heavy atom. The van der Waals surface area contributed by atoms with Crippen LogP contribution in [0.2, 0.25) is 5.02 Å². The van der Waals surface area contributed by atoms with Gasteiger partial charge in [-0.3, -0.25) is 19.3 Å². The molecule has 0 bridgehead atoms. The molecule has 5 nitrogen and oxygen atoms in total. The minimum atomic E-state index is -4.71. The highest BCUT2D eigenvalue weighted by atomic mass is 35.5. The molecule has 0 unspecified atom stereocenters. The van der Waals surface area contributed by atoms with Crippen LogP contribution in [0.4, 0.5) is 18.9 Å². The first-order valence-corrected chi connectivity index (χ1v) is 9.02. The number of alkyl halides is 3. The molecule has 1 heterocycles. The molecule has 1 aromatic carbocycles. The van der Waals surface area contributed by atoms with E-state index in [0.717, 1.165) is 36.3 Å². The largest absolute Gasteiger partial charge is 0.418 e. The summed E-state index contributed by atoms with van der Waals surface area (Å²) in [5.74, 6) is -1.77. The monoisotopic (exact) mass is 402 g/mol. The van der Waals surface area contributed by atoms with Crippen molar-refractivity contribution in [3.8, 4) is 0 Å². The zero-order valence-corrected chi connectivity index (χ0v) is 15.1. The van der Waals surface area contributed by atoms with Crippen molar-refractivity contribution in [2.24, 2.45) is 5.41 Å². The van der Waals surface area contributed by atoms with Gasteiger partial charge in [-0.1, -0.05) is 36.9 Å². The molecule has 2 fully saturated rings. The molecule has 0 radical (unpaired) electrons. The van der Waals surface area contributed by atoms with Crippen molar-refractivity contribution in [3.05, 3.63) is 28.8 Å². The number of carbonyl (C=O) groups excluding carboxylic acids is 3. The van der Waals surface area contributed by atoms with Crippen molar-refractivity contribution in [2.75, 3.05) is 11.9 Å². The lowest BCUT2D eigenvalue weighted by molar-refractivity contribution is -0.144. The predicted octanol–water partition coefficient (Wildman–Crippen LogP) is 4.01. The summed E-state index contributed by atoms with van der Waals surface area (Å²) in [5.41, 5.74) is -2.42. The number of rotatable bonds is 3. The summed E-state index contributed by atoms with van der Waals surface area (Å²) in [7, 11) is 0. The van der Waals surface area contributed by atoms with Crippen molar-refractivity contribution in [1.82, 2.24) is 4.90 Å². The average Bonchev–Trinajstić information content (AvgIpc) is 2.80. The standard InChI is InChI=1S/C18H18ClF3N2O3/c19-12-6-4-5-11(18(20,21)22)15(12)23-13(25)10-24-14(26)9-17(16(24)27)7-2-1-3-8-17/h4-6H,1-3,7-10H2,(H,23,25). The van der Waals surface area contributed by atoms with Gasteiger partial charge in [0, 0.05) is 6.42 Å². The van der Waals surface area contributed by atoms with Crippen LogP contribution in [-0.4, -0.2) is 29.2 Å². The molecule has 1 aliphatic heterocycles. The molecule has 0 aromatic heterocycles. The SMILES string of the molecule is O=C(CN1C(=O)CC2(CCCCC2)C1=O)Nc1c(Cl)cccc1C(F)(F)F. The first kappa shape index (κ1) is 19.7. The number of para-hydroxylation sites is 1. The Hall–Kier alpha value is -2.09. The number of likely N-dealkylation sites (tertiary alicyclic amines) is 1. The molecule has 9 heteroatoms. The Labute approximate surface area is 158 Å². The Bertz CT molecular complexity index is 789. The fourth-order valence-corrected chi connectivity index (χ4v) is 4.07. The van der Waals surface area contributed by atoms with Gasteiger partial charge in [0.25, 0.3) is 0 Å². The summed E-state index contributed by atoms with van der Waals surface area (Å²) in [4.78, 5) is 38.1. The summed E-state index contributed by atoms with van der Waals surface area (Å²) in [6, 6.07) is 3.14. The highest BCUT2D eigenvalue weighted by molar-refractivity contribution is 6.34. The minimum Gasteiger partial charge on any atom is -0.323 e. The molecule has 0 atom stereocenters. The number of imide groups is 1. The molecule has 1 saturated heterocycles. The lowest BCUT2D eigenvalue weighted by Crippen LogP contribution is -2.41. The van der Waals surface area contributed by atoms with Crippen molar-refractivity contribution >= 4 is 35.0 Å². The molecule has 1 spiro atoms. The van der Waals surface area contributed by atoms with Crippen molar-refractivity contribution in [1.29, 1.82) is 0 Å². The summed E-state index contributed by atoms with van der Waals surface area (Å²) >= 11 is 5.81. The molecule has 1 saturated carbocycles. The molecular formula is C18H18ClF3N2O3. The topological polar surface area (TPSA) is 66.5 Å². The maximum absolute atomic E-state index is 13.1. The Kier molecular flexibility index (Phi) is 5.20. The normalized spacial score (nSPS) is 19.6. The molecule has 3 amide bonds. The zero-order chi connectivity index (χ0) is 19.8. The fourth-order valence-electron chi connectivity index (χ4n) is 3.85. The second-order valence-corrected chi connectivity index (χ2v) is 7.42. The van der Waals surface area contributed by atoms with Gasteiger partial charge in [-0.2, -0.15) is 13.2 Å². The first-order chi connectivity index (χ1) is 12.6. The van der Waals surface area contributed by atoms with Crippen LogP contribution >= 0.6 is 11.6 Å². The van der Waals surface area contributed by atoms with Crippen LogP contribution in [0.3, 0.4) is 0 Å². The average molecular weight is 403 g/mol. The van der Waals surface area contributed by atoms with E-state index in [9.17, 15) is 27.6 Å². The van der Waals surface area contributed by atoms with E-state index in [2.05, 4.69) is 5.32 Å². The number of anilines is 1. The Morgan fingerprint density at radius 1 is 1.19 bits per heavy atom. The van der Waals surface area contributed by atoms with E-state index in [0.29, 0.717) is 12.8 Å². The maximum atomic E-state index is 13.1. The van der Waals surface area contributed by atoms with E-state index < -0.39 is 47.1 Å². The summed E-state index contributed by atoms with van der Waals surface area (Å²) in [5, 5.41) is 1.83. The van der Waals surface area contributed by atoms with E-state index in [1.54, 1.807) is 0 Å². The van der Waals surface area contributed by atoms with Gasteiger partial charge in [0.05, 0.1) is 21.7 Å². The van der Waals surface area contributed by atoms with Gasteiger partial charge in [0.2, 0.25) is 17.7 Å². The number of nitrogens with one attached hydrogen (secondary N) is 1. The number of benzene rings is 1. The van der Waals surface area contributed by atoms with Crippen molar-refractivity contribution in [3.63, 3.8) is 0 Å². The van der Waals surface area contributed by atoms with Crippen LogP contribution in [-0.2, 0) is 20.6 Å². The minimum absolute atomic E-state index is 0.0546. The molecule has 1 aliphatic carbocycles. The molecule has 27 heavy (non-hydrogen) atoms. The van der Waals surface area contributed by atoms with Gasteiger partial charge >= 0.3 is 6.18 Å². The van der Waals surface area contributed by atoms with Gasteiger partial charge < -0.3 is 5.32 Å². The van der Waals surface area contributed by atoms with Crippen LogP contribution in [0.15, 0.2) is 18.2 Å². The van der Waals surface area contributed by atoms with Gasteiger partial charge in [-0.05, 0) is 25.0 Å². The molecule has 3 rings (SSSR count). The van der Waals surface area contributed by atoms with Crippen molar-refractivity contribution in [2.45, 2.75) is 44.7 Å². The number of hydrogen-bond donors (Lipinski definition) is 1. The molecular weight excluding hydrogens is 385 g/mol. The lowest BCUT2D eigenvalue weighted by Gasteiger charge is -2.30. The second kappa shape index (κ2) is 7.14. The van der Waals surface area contributed by atoms with E-state index >= 15 is 0 Å². The smallest absolute Gasteiger partial charge is 0.323 e. The second-order valence-electron chi connectivity index (χ2n) is 7.01. The summed E-state index contributed by atoms with van der Waals surface area (Å²) < 4.78 is 39.4. The highest BCUT2D eigenvalue weighted by Crippen LogP contribution is 2.45. The third-order valence-electron chi connectivity index (χ3n) is 5.19. The van der Waals surface area contributed by atoms with Crippen LogP contribution in [0.5, 0.6) is 0 Å². The number of nitrogens with zero attached hydrogens (tertiary/aromatic N) is 1.